The van der Waals surface area contributed by atoms with Crippen LogP contribution in [-0.4, -0.2) is 38.1 Å². The van der Waals surface area contributed by atoms with Gasteiger partial charge in [0.2, 0.25) is 5.89 Å². The number of phenolic OH excluding ortho intramolecular Hbond substituents is 1. The van der Waals surface area contributed by atoms with Gasteiger partial charge in [0.15, 0.2) is 0 Å². The maximum absolute atomic E-state index is 9.44. The molecule has 0 saturated carbocycles. The molecule has 5 rings (SSSR count). The molecule has 1 fully saturated rings. The second kappa shape index (κ2) is 9.00. The molecular weight excluding hydrogens is 409 g/mol. The summed E-state index contributed by atoms with van der Waals surface area (Å²) in [5.74, 6) is 2.22. The van der Waals surface area contributed by atoms with Crippen LogP contribution in [-0.2, 0) is 11.3 Å². The zero-order valence-electron chi connectivity index (χ0n) is 16.5. The van der Waals surface area contributed by atoms with Crippen LogP contribution >= 0.6 is 0 Å². The number of fused-ring (bicyclic) bond motifs is 1. The predicted octanol–water partition coefficient (Wildman–Crippen LogP) is 0.0788. The molecule has 0 amide bonds. The standard InChI is InChI=1S/C21H18N5O3.K/c1-13-17-3-2-8-22-18(17)10-23-26(13)11-20-24-21(25-29-20)15-9-19(28-12-15)14-4-6-16(27)7-5-14;/h2-8,10,19,27H,1,9,11-12H2;/q-1;+1/t19-;/m1./s1. The fourth-order valence-electron chi connectivity index (χ4n) is 3.43. The number of hydrazone groups is 1. The second-order valence-electron chi connectivity index (χ2n) is 6.90. The monoisotopic (exact) mass is 427 g/mol. The van der Waals surface area contributed by atoms with Crippen molar-refractivity contribution in [1.82, 2.24) is 20.1 Å². The van der Waals surface area contributed by atoms with Gasteiger partial charge in [-0.1, -0.05) is 30.5 Å². The number of phenols is 1. The molecular formula is C21H18KN5O3. The van der Waals surface area contributed by atoms with E-state index < -0.39 is 0 Å². The van der Waals surface area contributed by atoms with Crippen molar-refractivity contribution in [3.8, 4) is 5.75 Å². The van der Waals surface area contributed by atoms with E-state index in [1.54, 1.807) is 29.6 Å². The summed E-state index contributed by atoms with van der Waals surface area (Å²) in [6.45, 7) is 4.87. The largest absolute Gasteiger partial charge is 1.00 e. The van der Waals surface area contributed by atoms with Crippen LogP contribution in [0.1, 0.15) is 41.1 Å². The van der Waals surface area contributed by atoms with Crippen LogP contribution < -0.4 is 51.4 Å². The second-order valence-corrected chi connectivity index (χ2v) is 6.90. The smallest absolute Gasteiger partial charge is 0.508 e. The molecule has 1 aromatic carbocycles. The van der Waals surface area contributed by atoms with Gasteiger partial charge in [0.25, 0.3) is 0 Å². The van der Waals surface area contributed by atoms with Gasteiger partial charge in [0, 0.05) is 17.6 Å². The number of aromatic hydroxyl groups is 1. The van der Waals surface area contributed by atoms with Crippen molar-refractivity contribution in [2.75, 3.05) is 6.61 Å². The first-order valence-corrected chi connectivity index (χ1v) is 9.21. The van der Waals surface area contributed by atoms with Crippen molar-refractivity contribution >= 4 is 11.9 Å². The summed E-state index contributed by atoms with van der Waals surface area (Å²) in [5, 5.41) is 19.6. The number of hydrogen-bond donors (Lipinski definition) is 1. The van der Waals surface area contributed by atoms with E-state index in [0.717, 1.165) is 28.4 Å². The Kier molecular flexibility index (Phi) is 6.37. The SMILES string of the molecule is C=C1c2cccnc2C=NN1Cc1nc([C-]2CO[C@@H](c3ccc(O)cc3)C2)no1.[K+]. The third-order valence-electron chi connectivity index (χ3n) is 5.01. The van der Waals surface area contributed by atoms with Gasteiger partial charge >= 0.3 is 51.4 Å². The topological polar surface area (TPSA) is 96.9 Å². The maximum atomic E-state index is 9.44. The Labute approximate surface area is 216 Å². The average Bonchev–Trinajstić information content (AvgIpc) is 3.41. The minimum atomic E-state index is -0.0805. The fourth-order valence-corrected chi connectivity index (χ4v) is 3.43. The third-order valence-corrected chi connectivity index (χ3v) is 5.01. The van der Waals surface area contributed by atoms with Gasteiger partial charge in [-0.3, -0.25) is 15.9 Å². The van der Waals surface area contributed by atoms with Gasteiger partial charge in [0.05, 0.1) is 23.7 Å². The molecule has 3 aromatic rings. The maximum Gasteiger partial charge on any atom is 1.00 e. The van der Waals surface area contributed by atoms with Crippen LogP contribution in [0.5, 0.6) is 5.75 Å². The van der Waals surface area contributed by atoms with E-state index in [9.17, 15) is 5.11 Å². The molecule has 0 aliphatic carbocycles. The number of rotatable bonds is 4. The van der Waals surface area contributed by atoms with Crippen LogP contribution in [0.3, 0.4) is 0 Å². The van der Waals surface area contributed by atoms with Gasteiger partial charge < -0.3 is 14.4 Å². The van der Waals surface area contributed by atoms with E-state index in [0.29, 0.717) is 31.3 Å². The number of nitrogens with zero attached hydrogens (tertiary/aromatic N) is 5. The molecule has 2 aliphatic rings. The van der Waals surface area contributed by atoms with Crippen molar-refractivity contribution in [1.29, 1.82) is 0 Å². The van der Waals surface area contributed by atoms with Gasteiger partial charge in [0.1, 0.15) is 12.3 Å². The summed E-state index contributed by atoms with van der Waals surface area (Å²) in [7, 11) is 0. The van der Waals surface area contributed by atoms with Crippen LogP contribution in [0.4, 0.5) is 0 Å². The Morgan fingerprint density at radius 2 is 2.07 bits per heavy atom. The molecule has 0 unspecified atom stereocenters. The molecule has 1 N–H and O–H groups in total. The molecule has 1 saturated heterocycles. The van der Waals surface area contributed by atoms with Crippen molar-refractivity contribution in [3.63, 3.8) is 0 Å². The van der Waals surface area contributed by atoms with Gasteiger partial charge in [-0.25, -0.2) is 4.98 Å². The van der Waals surface area contributed by atoms with Gasteiger partial charge in [-0.2, -0.15) is 5.10 Å². The first kappa shape index (κ1) is 21.2. The summed E-state index contributed by atoms with van der Waals surface area (Å²) in [4.78, 5) is 8.80. The number of hydrogen-bond acceptors (Lipinski definition) is 8. The number of benzene rings is 1. The predicted molar refractivity (Wildman–Crippen MR) is 104 cm³/mol. The molecule has 2 aromatic heterocycles. The number of aromatic nitrogens is 3. The Morgan fingerprint density at radius 3 is 2.90 bits per heavy atom. The molecule has 2 aliphatic heterocycles. The minimum Gasteiger partial charge on any atom is -0.508 e. The Balaban J connectivity index is 0.00000218. The first-order valence-electron chi connectivity index (χ1n) is 9.21. The zero-order valence-corrected chi connectivity index (χ0v) is 19.6. The molecule has 9 heteroatoms. The Hall–Kier alpha value is -2.01. The molecule has 0 bridgehead atoms. The Bertz CT molecular complexity index is 1080. The Morgan fingerprint density at radius 1 is 1.23 bits per heavy atom. The van der Waals surface area contributed by atoms with E-state index in [1.165, 1.54) is 0 Å². The van der Waals surface area contributed by atoms with Crippen LogP contribution in [0, 0.1) is 5.92 Å². The number of pyridine rings is 1. The summed E-state index contributed by atoms with van der Waals surface area (Å²) in [6, 6.07) is 10.9. The molecule has 30 heavy (non-hydrogen) atoms. The average molecular weight is 428 g/mol. The van der Waals surface area contributed by atoms with Crippen LogP contribution in [0.2, 0.25) is 0 Å². The van der Waals surface area contributed by atoms with Gasteiger partial charge in [-0.15, -0.1) is 6.42 Å². The number of ether oxygens (including phenoxy) is 1. The van der Waals surface area contributed by atoms with E-state index in [-0.39, 0.29) is 63.2 Å². The van der Waals surface area contributed by atoms with Crippen molar-refractivity contribution in [3.05, 3.63) is 83.6 Å². The third kappa shape index (κ3) is 4.22. The molecule has 8 nitrogen and oxygen atoms in total. The first-order chi connectivity index (χ1) is 14.2. The fraction of sp³-hybridized carbons (Fsp3) is 0.190. The molecule has 0 spiro atoms. The van der Waals surface area contributed by atoms with E-state index >= 15 is 0 Å². The van der Waals surface area contributed by atoms with E-state index in [2.05, 4.69) is 26.8 Å². The zero-order chi connectivity index (χ0) is 19.8. The van der Waals surface area contributed by atoms with Crippen molar-refractivity contribution in [2.24, 2.45) is 5.10 Å². The van der Waals surface area contributed by atoms with Crippen LogP contribution in [0.25, 0.3) is 5.70 Å². The van der Waals surface area contributed by atoms with Crippen molar-refractivity contribution < 1.29 is 65.8 Å². The molecule has 1 atom stereocenters. The van der Waals surface area contributed by atoms with Crippen LogP contribution in [0.15, 0.2) is 58.8 Å². The van der Waals surface area contributed by atoms with E-state index in [4.69, 9.17) is 9.26 Å². The van der Waals surface area contributed by atoms with Gasteiger partial charge in [-0.05, 0) is 29.8 Å². The quantitative estimate of drug-likeness (QED) is 0.465. The van der Waals surface area contributed by atoms with E-state index in [1.807, 2.05) is 24.3 Å². The summed E-state index contributed by atoms with van der Waals surface area (Å²) in [5.41, 5.74) is 3.46. The van der Waals surface area contributed by atoms with Crippen molar-refractivity contribution in [2.45, 2.75) is 19.1 Å². The summed E-state index contributed by atoms with van der Waals surface area (Å²) < 4.78 is 11.3. The summed E-state index contributed by atoms with van der Waals surface area (Å²) in [6.07, 6.45) is 4.02. The molecule has 0 radical (unpaired) electrons. The summed E-state index contributed by atoms with van der Waals surface area (Å²) >= 11 is 0. The minimum absolute atomic E-state index is 0. The normalized spacial score (nSPS) is 17.7. The molecule has 4 heterocycles. The molecule has 146 valence electrons.